The Morgan fingerprint density at radius 3 is 2.42 bits per heavy atom. The number of Topliss-reactive ketones (excluding diaryl/α,β-unsaturated/α-hetero) is 1. The topological polar surface area (TPSA) is 73.9 Å². The standard InChI is InChI=1S/C30H25Br2NO5/c1-4-37-30(35)24-16(2)33-27-20-7-5-6-8-21(20)28(34)26(27)25(24)18-13-22(32)29(23(14-18)36-3)38-15-17-9-11-19(31)12-10-17/h5-14,25,33H,4,15H2,1-3H3/t25-/m0/s1. The van der Waals surface area contributed by atoms with E-state index in [1.165, 1.54) is 0 Å². The van der Waals surface area contributed by atoms with E-state index in [-0.39, 0.29) is 12.4 Å². The van der Waals surface area contributed by atoms with Gasteiger partial charge in [-0.15, -0.1) is 0 Å². The minimum atomic E-state index is -0.657. The van der Waals surface area contributed by atoms with Gasteiger partial charge in [0.25, 0.3) is 0 Å². The van der Waals surface area contributed by atoms with Crippen molar-refractivity contribution in [3.8, 4) is 11.5 Å². The van der Waals surface area contributed by atoms with Gasteiger partial charge in [0, 0.05) is 32.8 Å². The highest BCUT2D eigenvalue weighted by atomic mass is 79.9. The van der Waals surface area contributed by atoms with Crippen LogP contribution in [0.3, 0.4) is 0 Å². The molecule has 0 unspecified atom stereocenters. The summed E-state index contributed by atoms with van der Waals surface area (Å²) < 4.78 is 18.9. The molecular weight excluding hydrogens is 614 g/mol. The van der Waals surface area contributed by atoms with Gasteiger partial charge < -0.3 is 19.5 Å². The van der Waals surface area contributed by atoms with Gasteiger partial charge in [0.15, 0.2) is 17.3 Å². The molecule has 0 fully saturated rings. The lowest BCUT2D eigenvalue weighted by molar-refractivity contribution is -0.138. The van der Waals surface area contributed by atoms with Crippen LogP contribution in [0.1, 0.15) is 46.8 Å². The number of ketones is 1. The Kier molecular flexibility index (Phi) is 7.45. The molecule has 0 bridgehead atoms. The average Bonchev–Trinajstić information content (AvgIpc) is 3.19. The third-order valence-electron chi connectivity index (χ3n) is 6.63. The third-order valence-corrected chi connectivity index (χ3v) is 7.74. The first-order valence-electron chi connectivity index (χ1n) is 12.1. The molecule has 1 N–H and O–H groups in total. The molecule has 8 heteroatoms. The second-order valence-corrected chi connectivity index (χ2v) is 10.7. The first kappa shape index (κ1) is 26.3. The number of hydrogen-bond acceptors (Lipinski definition) is 6. The van der Waals surface area contributed by atoms with E-state index in [1.807, 2.05) is 67.6 Å². The molecule has 5 rings (SSSR count). The Morgan fingerprint density at radius 2 is 1.74 bits per heavy atom. The van der Waals surface area contributed by atoms with Gasteiger partial charge in [0.2, 0.25) is 0 Å². The number of fused-ring (bicyclic) bond motifs is 2. The van der Waals surface area contributed by atoms with Crippen LogP contribution in [-0.2, 0) is 16.1 Å². The predicted molar refractivity (Wildman–Crippen MR) is 152 cm³/mol. The maximum Gasteiger partial charge on any atom is 0.336 e. The molecule has 1 heterocycles. The van der Waals surface area contributed by atoms with Crippen molar-refractivity contribution < 1.29 is 23.8 Å². The molecule has 0 saturated heterocycles. The minimum absolute atomic E-state index is 0.118. The fourth-order valence-corrected chi connectivity index (χ4v) is 5.76. The van der Waals surface area contributed by atoms with E-state index >= 15 is 0 Å². The van der Waals surface area contributed by atoms with Gasteiger partial charge in [-0.05, 0) is 65.2 Å². The van der Waals surface area contributed by atoms with Crippen molar-refractivity contribution in [2.45, 2.75) is 26.4 Å². The summed E-state index contributed by atoms with van der Waals surface area (Å²) in [6, 6.07) is 19.0. The van der Waals surface area contributed by atoms with Gasteiger partial charge in [-0.3, -0.25) is 4.79 Å². The number of allylic oxidation sites excluding steroid dienone is 2. The maximum absolute atomic E-state index is 13.7. The van der Waals surface area contributed by atoms with Crippen LogP contribution in [0.2, 0.25) is 0 Å². The van der Waals surface area contributed by atoms with Crippen molar-refractivity contribution in [2.75, 3.05) is 13.7 Å². The Hall–Kier alpha value is -3.36. The predicted octanol–water partition coefficient (Wildman–Crippen LogP) is 6.93. The Morgan fingerprint density at radius 1 is 1.03 bits per heavy atom. The van der Waals surface area contributed by atoms with Crippen molar-refractivity contribution in [3.05, 3.63) is 109 Å². The molecule has 0 radical (unpaired) electrons. The molecule has 3 aromatic carbocycles. The van der Waals surface area contributed by atoms with E-state index in [2.05, 4.69) is 37.2 Å². The highest BCUT2D eigenvalue weighted by Crippen LogP contribution is 2.49. The molecule has 0 spiro atoms. The van der Waals surface area contributed by atoms with E-state index in [9.17, 15) is 9.59 Å². The van der Waals surface area contributed by atoms with Gasteiger partial charge in [-0.25, -0.2) is 4.79 Å². The number of dihydropyridines is 1. The summed E-state index contributed by atoms with van der Waals surface area (Å²) in [5, 5.41) is 3.32. The van der Waals surface area contributed by atoms with Crippen molar-refractivity contribution in [2.24, 2.45) is 0 Å². The zero-order valence-electron chi connectivity index (χ0n) is 21.1. The fraction of sp³-hybridized carbons (Fsp3) is 0.200. The Bertz CT molecular complexity index is 1510. The third kappa shape index (κ3) is 4.67. The zero-order valence-corrected chi connectivity index (χ0v) is 24.2. The number of hydrogen-bond donors (Lipinski definition) is 1. The number of carbonyl (C=O) groups is 2. The number of esters is 1. The van der Waals surface area contributed by atoms with Crippen molar-refractivity contribution >= 4 is 49.3 Å². The monoisotopic (exact) mass is 637 g/mol. The summed E-state index contributed by atoms with van der Waals surface area (Å²) in [7, 11) is 1.56. The second-order valence-electron chi connectivity index (χ2n) is 8.93. The Labute approximate surface area is 237 Å². The number of ether oxygens (including phenoxy) is 3. The van der Waals surface area contributed by atoms with Crippen molar-refractivity contribution in [1.82, 2.24) is 5.32 Å². The van der Waals surface area contributed by atoms with E-state index in [1.54, 1.807) is 14.0 Å². The van der Waals surface area contributed by atoms with E-state index in [0.29, 0.717) is 56.2 Å². The molecule has 194 valence electrons. The molecule has 1 atom stereocenters. The smallest absolute Gasteiger partial charge is 0.336 e. The van der Waals surface area contributed by atoms with E-state index in [0.717, 1.165) is 15.6 Å². The molecule has 2 aliphatic rings. The molecule has 1 aliphatic carbocycles. The van der Waals surface area contributed by atoms with Crippen LogP contribution in [0.5, 0.6) is 11.5 Å². The minimum Gasteiger partial charge on any atom is -0.493 e. The van der Waals surface area contributed by atoms with Crippen LogP contribution < -0.4 is 14.8 Å². The first-order chi connectivity index (χ1) is 18.3. The first-order valence-corrected chi connectivity index (χ1v) is 13.7. The van der Waals surface area contributed by atoms with E-state index < -0.39 is 11.9 Å². The molecular formula is C30H25Br2NO5. The van der Waals surface area contributed by atoms with Crippen molar-refractivity contribution in [3.63, 3.8) is 0 Å². The van der Waals surface area contributed by atoms with Gasteiger partial charge >= 0.3 is 5.97 Å². The number of rotatable bonds is 7. The van der Waals surface area contributed by atoms with Crippen LogP contribution in [0.25, 0.3) is 5.70 Å². The average molecular weight is 639 g/mol. The number of nitrogens with one attached hydrogen (secondary N) is 1. The highest BCUT2D eigenvalue weighted by Gasteiger charge is 2.43. The van der Waals surface area contributed by atoms with Gasteiger partial charge in [-0.2, -0.15) is 0 Å². The lowest BCUT2D eigenvalue weighted by Crippen LogP contribution is -2.29. The van der Waals surface area contributed by atoms with Crippen molar-refractivity contribution in [1.29, 1.82) is 0 Å². The SMILES string of the molecule is CCOC(=O)C1=C(C)NC2=C(C(=O)c3ccccc32)[C@H]1c1cc(Br)c(OCc2ccc(Br)cc2)c(OC)c1. The van der Waals surface area contributed by atoms with Crippen LogP contribution >= 0.6 is 31.9 Å². The van der Waals surface area contributed by atoms with E-state index in [4.69, 9.17) is 14.2 Å². The van der Waals surface area contributed by atoms with Gasteiger partial charge in [0.1, 0.15) is 6.61 Å². The fourth-order valence-electron chi connectivity index (χ4n) is 4.92. The molecule has 0 amide bonds. The number of methoxy groups -OCH3 is 1. The molecule has 3 aromatic rings. The van der Waals surface area contributed by atoms with Gasteiger partial charge in [-0.1, -0.05) is 52.3 Å². The molecule has 38 heavy (non-hydrogen) atoms. The summed E-state index contributed by atoms with van der Waals surface area (Å²) in [5.74, 6) is -0.231. The summed E-state index contributed by atoms with van der Waals surface area (Å²) in [6.07, 6.45) is 0. The Balaban J connectivity index is 1.60. The lowest BCUT2D eigenvalue weighted by atomic mass is 9.79. The lowest BCUT2D eigenvalue weighted by Gasteiger charge is -2.30. The normalized spacial score (nSPS) is 16.1. The molecule has 0 aromatic heterocycles. The van der Waals surface area contributed by atoms with Crippen LogP contribution in [0, 0.1) is 0 Å². The maximum atomic E-state index is 13.7. The number of halogens is 2. The largest absolute Gasteiger partial charge is 0.493 e. The zero-order chi connectivity index (χ0) is 27.0. The van der Waals surface area contributed by atoms with Crippen LogP contribution in [0.4, 0.5) is 0 Å². The summed E-state index contributed by atoms with van der Waals surface area (Å²) in [5.41, 5.74) is 5.39. The van der Waals surface area contributed by atoms with Crippen LogP contribution in [-0.4, -0.2) is 25.5 Å². The number of benzene rings is 3. The highest BCUT2D eigenvalue weighted by molar-refractivity contribution is 9.10. The second kappa shape index (κ2) is 10.8. The summed E-state index contributed by atoms with van der Waals surface area (Å²) >= 11 is 7.09. The quantitative estimate of drug-likeness (QED) is 0.283. The molecule has 0 saturated carbocycles. The summed E-state index contributed by atoms with van der Waals surface area (Å²) in [4.78, 5) is 26.9. The van der Waals surface area contributed by atoms with Gasteiger partial charge in [0.05, 0.1) is 29.5 Å². The summed E-state index contributed by atoms with van der Waals surface area (Å²) in [6.45, 7) is 4.15. The number of carbonyl (C=O) groups excluding carboxylic acids is 2. The van der Waals surface area contributed by atoms with Crippen LogP contribution in [0.15, 0.2) is 86.5 Å². The molecule has 1 aliphatic heterocycles. The molecule has 6 nitrogen and oxygen atoms in total.